The lowest BCUT2D eigenvalue weighted by Gasteiger charge is -2.21. The number of hydrogen-bond donors (Lipinski definition) is 1. The Balaban J connectivity index is 1.56. The van der Waals surface area contributed by atoms with Crippen molar-refractivity contribution in [2.45, 2.75) is 32.5 Å². The molecule has 0 spiro atoms. The molecule has 1 saturated heterocycles. The Morgan fingerprint density at radius 3 is 2.57 bits per heavy atom. The molecule has 23 heavy (non-hydrogen) atoms. The Morgan fingerprint density at radius 1 is 1.26 bits per heavy atom. The van der Waals surface area contributed by atoms with E-state index in [2.05, 4.69) is 0 Å². The quantitative estimate of drug-likeness (QED) is 0.873. The second kappa shape index (κ2) is 6.71. The average Bonchev–Trinajstić information content (AvgIpc) is 3.31. The summed E-state index contributed by atoms with van der Waals surface area (Å²) in [6.07, 6.45) is 1.63. The van der Waals surface area contributed by atoms with E-state index in [-0.39, 0.29) is 11.8 Å². The van der Waals surface area contributed by atoms with Crippen molar-refractivity contribution in [2.24, 2.45) is 17.8 Å². The van der Waals surface area contributed by atoms with E-state index >= 15 is 0 Å². The van der Waals surface area contributed by atoms with Crippen LogP contribution in [0.15, 0.2) is 30.3 Å². The number of amides is 1. The summed E-state index contributed by atoms with van der Waals surface area (Å²) in [6.45, 7) is 3.00. The third-order valence-corrected chi connectivity index (χ3v) is 4.91. The van der Waals surface area contributed by atoms with Crippen molar-refractivity contribution in [2.75, 3.05) is 13.1 Å². The summed E-state index contributed by atoms with van der Waals surface area (Å²) in [5, 5.41) is 9.38. The van der Waals surface area contributed by atoms with Crippen LogP contribution in [-0.4, -0.2) is 41.1 Å². The monoisotopic (exact) mass is 317 g/mol. The van der Waals surface area contributed by atoms with Crippen LogP contribution in [0.3, 0.4) is 0 Å². The zero-order valence-corrected chi connectivity index (χ0v) is 13.4. The SMILES string of the molecule is CC(OCc1ccccc1)C(=O)N1C[C@H](C(=O)O)[C@@H](C2CC2)C1. The Hall–Kier alpha value is -1.88. The molecule has 1 saturated carbocycles. The van der Waals surface area contributed by atoms with Crippen LogP contribution in [0.1, 0.15) is 25.3 Å². The summed E-state index contributed by atoms with van der Waals surface area (Å²) < 4.78 is 5.67. The van der Waals surface area contributed by atoms with Gasteiger partial charge in [0.2, 0.25) is 0 Å². The van der Waals surface area contributed by atoms with E-state index in [1.54, 1.807) is 11.8 Å². The maximum atomic E-state index is 12.5. The lowest BCUT2D eigenvalue weighted by Crippen LogP contribution is -2.38. The highest BCUT2D eigenvalue weighted by atomic mass is 16.5. The van der Waals surface area contributed by atoms with Crippen molar-refractivity contribution in [1.29, 1.82) is 0 Å². The Labute approximate surface area is 136 Å². The predicted octanol–water partition coefficient (Wildman–Crippen LogP) is 2.16. The van der Waals surface area contributed by atoms with Gasteiger partial charge in [0.15, 0.2) is 0 Å². The fraction of sp³-hybridized carbons (Fsp3) is 0.556. The van der Waals surface area contributed by atoms with Gasteiger partial charge in [0.1, 0.15) is 6.10 Å². The smallest absolute Gasteiger partial charge is 0.308 e. The molecular weight excluding hydrogens is 294 g/mol. The highest BCUT2D eigenvalue weighted by Crippen LogP contribution is 2.44. The first kappa shape index (κ1) is 16.0. The average molecular weight is 317 g/mol. The van der Waals surface area contributed by atoms with Gasteiger partial charge >= 0.3 is 5.97 Å². The van der Waals surface area contributed by atoms with Gasteiger partial charge in [-0.1, -0.05) is 30.3 Å². The number of rotatable bonds is 6. The van der Waals surface area contributed by atoms with Crippen molar-refractivity contribution in [3.63, 3.8) is 0 Å². The minimum Gasteiger partial charge on any atom is -0.481 e. The van der Waals surface area contributed by atoms with E-state index in [4.69, 9.17) is 4.74 Å². The van der Waals surface area contributed by atoms with Crippen LogP contribution in [0.5, 0.6) is 0 Å². The first-order valence-electron chi connectivity index (χ1n) is 8.23. The number of nitrogens with zero attached hydrogens (tertiary/aromatic N) is 1. The Morgan fingerprint density at radius 2 is 1.96 bits per heavy atom. The van der Waals surface area contributed by atoms with Crippen molar-refractivity contribution < 1.29 is 19.4 Å². The number of carboxylic acids is 1. The van der Waals surface area contributed by atoms with E-state index in [0.717, 1.165) is 18.4 Å². The summed E-state index contributed by atoms with van der Waals surface area (Å²) >= 11 is 0. The molecule has 1 heterocycles. The first-order valence-corrected chi connectivity index (χ1v) is 8.23. The topological polar surface area (TPSA) is 66.8 Å². The molecule has 1 amide bonds. The van der Waals surface area contributed by atoms with Crippen molar-refractivity contribution in [3.05, 3.63) is 35.9 Å². The molecule has 1 N–H and O–H groups in total. The summed E-state index contributed by atoms with van der Waals surface area (Å²) in [4.78, 5) is 25.6. The molecule has 2 fully saturated rings. The van der Waals surface area contributed by atoms with Gasteiger partial charge in [0.05, 0.1) is 12.5 Å². The number of carbonyl (C=O) groups is 2. The van der Waals surface area contributed by atoms with E-state index < -0.39 is 18.0 Å². The van der Waals surface area contributed by atoms with Crippen molar-refractivity contribution >= 4 is 11.9 Å². The number of benzene rings is 1. The van der Waals surface area contributed by atoms with Gasteiger partial charge < -0.3 is 14.7 Å². The maximum Gasteiger partial charge on any atom is 0.308 e. The van der Waals surface area contributed by atoms with E-state index in [1.165, 1.54) is 0 Å². The molecule has 124 valence electrons. The van der Waals surface area contributed by atoms with Gasteiger partial charge in [-0.25, -0.2) is 0 Å². The molecule has 1 aromatic carbocycles. The third kappa shape index (κ3) is 3.72. The number of aliphatic carboxylic acids is 1. The van der Waals surface area contributed by atoms with Crippen molar-refractivity contribution in [1.82, 2.24) is 4.90 Å². The molecule has 5 nitrogen and oxygen atoms in total. The van der Waals surface area contributed by atoms with Crippen LogP contribution >= 0.6 is 0 Å². The minimum atomic E-state index is -0.782. The largest absolute Gasteiger partial charge is 0.481 e. The van der Waals surface area contributed by atoms with Crippen LogP contribution in [0.4, 0.5) is 0 Å². The molecule has 0 aromatic heterocycles. The van der Waals surface area contributed by atoms with Crippen LogP contribution in [0.25, 0.3) is 0 Å². The Bertz CT molecular complexity index is 570. The van der Waals surface area contributed by atoms with E-state index in [1.807, 2.05) is 30.3 Å². The lowest BCUT2D eigenvalue weighted by molar-refractivity contribution is -0.144. The molecule has 0 bridgehead atoms. The molecule has 1 aliphatic carbocycles. The molecule has 1 aliphatic heterocycles. The summed E-state index contributed by atoms with van der Waals surface area (Å²) in [5.41, 5.74) is 1.02. The minimum absolute atomic E-state index is 0.102. The van der Waals surface area contributed by atoms with Crippen LogP contribution in [0.2, 0.25) is 0 Å². The summed E-state index contributed by atoms with van der Waals surface area (Å²) in [7, 11) is 0. The maximum absolute atomic E-state index is 12.5. The van der Waals surface area contributed by atoms with E-state index in [9.17, 15) is 14.7 Å². The highest BCUT2D eigenvalue weighted by Gasteiger charge is 2.47. The zero-order chi connectivity index (χ0) is 16.4. The number of ether oxygens (including phenoxy) is 1. The number of carbonyl (C=O) groups excluding carboxylic acids is 1. The van der Waals surface area contributed by atoms with Gasteiger partial charge in [-0.3, -0.25) is 9.59 Å². The highest BCUT2D eigenvalue weighted by molar-refractivity contribution is 5.82. The van der Waals surface area contributed by atoms with Gasteiger partial charge in [-0.05, 0) is 37.2 Å². The second-order valence-electron chi connectivity index (χ2n) is 6.63. The van der Waals surface area contributed by atoms with Gasteiger partial charge in [-0.15, -0.1) is 0 Å². The number of carboxylic acid groups (broad SMARTS) is 1. The number of hydrogen-bond acceptors (Lipinski definition) is 3. The molecule has 5 heteroatoms. The van der Waals surface area contributed by atoms with Crippen molar-refractivity contribution in [3.8, 4) is 0 Å². The third-order valence-electron chi connectivity index (χ3n) is 4.91. The molecule has 3 atom stereocenters. The Kier molecular flexibility index (Phi) is 4.66. The predicted molar refractivity (Wildman–Crippen MR) is 84.6 cm³/mol. The fourth-order valence-corrected chi connectivity index (χ4v) is 3.40. The summed E-state index contributed by atoms with van der Waals surface area (Å²) in [6, 6.07) is 9.71. The van der Waals surface area contributed by atoms with Gasteiger partial charge in [0, 0.05) is 13.1 Å². The first-order chi connectivity index (χ1) is 11.1. The van der Waals surface area contributed by atoms with Crippen LogP contribution in [-0.2, 0) is 20.9 Å². The fourth-order valence-electron chi connectivity index (χ4n) is 3.40. The lowest BCUT2D eigenvalue weighted by atomic mass is 9.92. The molecule has 3 rings (SSSR count). The molecular formula is C18H23NO4. The summed E-state index contributed by atoms with van der Waals surface area (Å²) in [5.74, 6) is -0.717. The normalized spacial score (nSPS) is 25.3. The van der Waals surface area contributed by atoms with Gasteiger partial charge in [-0.2, -0.15) is 0 Å². The zero-order valence-electron chi connectivity index (χ0n) is 13.4. The molecule has 0 radical (unpaired) electrons. The number of likely N-dealkylation sites (tertiary alicyclic amines) is 1. The van der Waals surface area contributed by atoms with Crippen LogP contribution in [0, 0.1) is 17.8 Å². The van der Waals surface area contributed by atoms with Crippen LogP contribution < -0.4 is 0 Å². The standard InChI is InChI=1S/C18H23NO4/c1-12(23-11-13-5-3-2-4-6-13)17(20)19-9-15(14-7-8-14)16(10-19)18(21)22/h2-6,12,14-16H,7-11H2,1H3,(H,21,22)/t12?,15-,16+/m1/s1. The second-order valence-corrected chi connectivity index (χ2v) is 6.63. The van der Waals surface area contributed by atoms with Gasteiger partial charge in [0.25, 0.3) is 5.91 Å². The van der Waals surface area contributed by atoms with E-state index in [0.29, 0.717) is 25.6 Å². The molecule has 1 unspecified atom stereocenters. The molecule has 2 aliphatic rings. The molecule has 1 aromatic rings.